The van der Waals surface area contributed by atoms with E-state index in [4.69, 9.17) is 16.7 Å². The van der Waals surface area contributed by atoms with Crippen LogP contribution in [0.25, 0.3) is 0 Å². The molecule has 2 aromatic heterocycles. The molecule has 2 aromatic rings. The number of halogens is 1. The molecule has 0 aromatic carbocycles. The van der Waals surface area contributed by atoms with Crippen molar-refractivity contribution < 1.29 is 14.7 Å². The highest BCUT2D eigenvalue weighted by Crippen LogP contribution is 2.26. The van der Waals surface area contributed by atoms with Crippen molar-refractivity contribution in [3.05, 3.63) is 50.4 Å². The number of nitrogens with zero attached hydrogens (tertiary/aromatic N) is 2. The predicted molar refractivity (Wildman–Crippen MR) is 85.8 cm³/mol. The number of carbonyl (C=O) groups is 2. The summed E-state index contributed by atoms with van der Waals surface area (Å²) in [6.07, 6.45) is 1.53. The van der Waals surface area contributed by atoms with Crippen LogP contribution in [0.15, 0.2) is 24.4 Å². The van der Waals surface area contributed by atoms with E-state index in [0.29, 0.717) is 21.2 Å². The van der Waals surface area contributed by atoms with Crippen LogP contribution in [0.3, 0.4) is 0 Å². The maximum atomic E-state index is 12.6. The van der Waals surface area contributed by atoms with Gasteiger partial charge in [-0.3, -0.25) is 9.78 Å². The first-order valence-corrected chi connectivity index (χ1v) is 7.73. The van der Waals surface area contributed by atoms with Crippen molar-refractivity contribution in [3.63, 3.8) is 0 Å². The molecule has 1 amide bonds. The van der Waals surface area contributed by atoms with Crippen molar-refractivity contribution in [1.29, 1.82) is 0 Å². The van der Waals surface area contributed by atoms with Crippen LogP contribution in [0.4, 0.5) is 0 Å². The third kappa shape index (κ3) is 3.28. The highest BCUT2D eigenvalue weighted by Gasteiger charge is 2.24. The van der Waals surface area contributed by atoms with Crippen molar-refractivity contribution >= 4 is 34.8 Å². The van der Waals surface area contributed by atoms with Crippen LogP contribution in [0, 0.1) is 6.92 Å². The summed E-state index contributed by atoms with van der Waals surface area (Å²) in [4.78, 5) is 30.2. The zero-order valence-corrected chi connectivity index (χ0v) is 13.9. The molecule has 0 bridgehead atoms. The molecule has 116 valence electrons. The molecule has 1 unspecified atom stereocenters. The summed E-state index contributed by atoms with van der Waals surface area (Å²) in [5.41, 5.74) is 1.12. The first-order chi connectivity index (χ1) is 10.3. The molecule has 1 N–H and O–H groups in total. The summed E-state index contributed by atoms with van der Waals surface area (Å²) in [6, 6.07) is 4.65. The van der Waals surface area contributed by atoms with Gasteiger partial charge in [0.05, 0.1) is 22.3 Å². The van der Waals surface area contributed by atoms with Gasteiger partial charge in [0.2, 0.25) is 0 Å². The quantitative estimate of drug-likeness (QED) is 0.924. The number of aryl methyl sites for hydroxylation is 1. The van der Waals surface area contributed by atoms with Gasteiger partial charge in [0, 0.05) is 18.1 Å². The number of carbonyl (C=O) groups excluding carboxylic acids is 1. The van der Waals surface area contributed by atoms with Gasteiger partial charge >= 0.3 is 5.97 Å². The van der Waals surface area contributed by atoms with Crippen molar-refractivity contribution in [2.24, 2.45) is 0 Å². The second kappa shape index (κ2) is 6.46. The van der Waals surface area contributed by atoms with Crippen LogP contribution in [0.2, 0.25) is 5.02 Å². The number of aromatic carboxylic acids is 1. The first kappa shape index (κ1) is 16.5. The number of amides is 1. The highest BCUT2D eigenvalue weighted by atomic mass is 35.5. The normalized spacial score (nSPS) is 12.0. The van der Waals surface area contributed by atoms with E-state index in [-0.39, 0.29) is 16.8 Å². The fraction of sp³-hybridized carbons (Fsp3) is 0.267. The van der Waals surface area contributed by atoms with Crippen molar-refractivity contribution in [3.8, 4) is 0 Å². The van der Waals surface area contributed by atoms with Gasteiger partial charge in [0.25, 0.3) is 5.91 Å². The Labute approximate surface area is 137 Å². The summed E-state index contributed by atoms with van der Waals surface area (Å²) in [5.74, 6) is -1.26. The largest absolute Gasteiger partial charge is 0.477 e. The smallest absolute Gasteiger partial charge is 0.345 e. The van der Waals surface area contributed by atoms with E-state index in [9.17, 15) is 9.59 Å². The van der Waals surface area contributed by atoms with E-state index in [0.717, 1.165) is 11.3 Å². The van der Waals surface area contributed by atoms with E-state index in [1.807, 2.05) is 6.92 Å². The summed E-state index contributed by atoms with van der Waals surface area (Å²) in [7, 11) is 1.67. The Hall–Kier alpha value is -1.92. The average molecular weight is 339 g/mol. The second-order valence-corrected chi connectivity index (χ2v) is 6.57. The van der Waals surface area contributed by atoms with Gasteiger partial charge in [-0.25, -0.2) is 4.79 Å². The standard InChI is InChI=1S/C15H15ClN2O3S/c1-8(12-5-4-10(16)7-17-12)18(3)14(19)11-6-13(15(20)21)22-9(11)2/h4-8H,1-3H3,(H,20,21). The maximum Gasteiger partial charge on any atom is 0.345 e. The minimum Gasteiger partial charge on any atom is -0.477 e. The van der Waals surface area contributed by atoms with Crippen LogP contribution in [0.5, 0.6) is 0 Å². The minimum atomic E-state index is -1.03. The van der Waals surface area contributed by atoms with E-state index in [2.05, 4.69) is 4.98 Å². The Morgan fingerprint density at radius 3 is 2.59 bits per heavy atom. The van der Waals surface area contributed by atoms with E-state index >= 15 is 0 Å². The molecule has 0 aliphatic carbocycles. The number of hydrogen-bond acceptors (Lipinski definition) is 4. The van der Waals surface area contributed by atoms with Crippen molar-refractivity contribution in [2.75, 3.05) is 7.05 Å². The van der Waals surface area contributed by atoms with E-state index < -0.39 is 5.97 Å². The van der Waals surface area contributed by atoms with Crippen LogP contribution in [-0.4, -0.2) is 33.9 Å². The Morgan fingerprint density at radius 1 is 1.41 bits per heavy atom. The molecule has 0 saturated carbocycles. The predicted octanol–water partition coefficient (Wildman–Crippen LogP) is 3.64. The Balaban J connectivity index is 2.24. The molecule has 0 spiro atoms. The van der Waals surface area contributed by atoms with Gasteiger partial charge in [-0.1, -0.05) is 11.6 Å². The topological polar surface area (TPSA) is 70.5 Å². The van der Waals surface area contributed by atoms with Crippen LogP contribution in [0.1, 0.15) is 43.6 Å². The molecule has 0 fully saturated rings. The molecule has 22 heavy (non-hydrogen) atoms. The molecular weight excluding hydrogens is 324 g/mol. The second-order valence-electron chi connectivity index (χ2n) is 4.88. The molecule has 2 heterocycles. The fourth-order valence-electron chi connectivity index (χ4n) is 2.00. The molecule has 1 atom stereocenters. The highest BCUT2D eigenvalue weighted by molar-refractivity contribution is 7.14. The Kier molecular flexibility index (Phi) is 4.83. The monoisotopic (exact) mass is 338 g/mol. The summed E-state index contributed by atoms with van der Waals surface area (Å²) >= 11 is 6.91. The summed E-state index contributed by atoms with van der Waals surface area (Å²) in [6.45, 7) is 3.59. The van der Waals surface area contributed by atoms with Gasteiger partial charge in [0.1, 0.15) is 4.88 Å². The van der Waals surface area contributed by atoms with Gasteiger partial charge in [0.15, 0.2) is 0 Å². The summed E-state index contributed by atoms with van der Waals surface area (Å²) in [5, 5.41) is 9.55. The molecule has 2 rings (SSSR count). The lowest BCUT2D eigenvalue weighted by Gasteiger charge is -2.24. The van der Waals surface area contributed by atoms with Crippen LogP contribution in [-0.2, 0) is 0 Å². The number of pyridine rings is 1. The Bertz CT molecular complexity index is 712. The minimum absolute atomic E-state index is 0.159. The van der Waals surface area contributed by atoms with Crippen LogP contribution < -0.4 is 0 Å². The zero-order valence-electron chi connectivity index (χ0n) is 12.3. The number of rotatable bonds is 4. The first-order valence-electron chi connectivity index (χ1n) is 6.53. The van der Waals surface area contributed by atoms with Crippen LogP contribution >= 0.6 is 22.9 Å². The molecule has 5 nitrogen and oxygen atoms in total. The van der Waals surface area contributed by atoms with E-state index in [1.54, 1.807) is 26.1 Å². The SMILES string of the molecule is Cc1sc(C(=O)O)cc1C(=O)N(C)C(C)c1ccc(Cl)cn1. The summed E-state index contributed by atoms with van der Waals surface area (Å²) < 4.78 is 0. The fourth-order valence-corrected chi connectivity index (χ4v) is 2.96. The third-order valence-corrected chi connectivity index (χ3v) is 4.70. The Morgan fingerprint density at radius 2 is 2.09 bits per heavy atom. The number of hydrogen-bond donors (Lipinski definition) is 1. The molecule has 0 aliphatic heterocycles. The number of carboxylic acid groups (broad SMARTS) is 1. The average Bonchev–Trinajstić information content (AvgIpc) is 2.88. The maximum absolute atomic E-state index is 12.6. The van der Waals surface area contributed by atoms with E-state index in [1.165, 1.54) is 17.2 Å². The number of thiophene rings is 1. The van der Waals surface area contributed by atoms with Gasteiger partial charge in [-0.15, -0.1) is 11.3 Å². The third-order valence-electron chi connectivity index (χ3n) is 3.44. The molecule has 0 aliphatic rings. The molecular formula is C15H15ClN2O3S. The lowest BCUT2D eigenvalue weighted by molar-refractivity contribution is 0.0702. The van der Waals surface area contributed by atoms with Crippen molar-refractivity contribution in [2.45, 2.75) is 19.9 Å². The molecule has 0 saturated heterocycles. The van der Waals surface area contributed by atoms with Gasteiger partial charge < -0.3 is 10.0 Å². The lowest BCUT2D eigenvalue weighted by Crippen LogP contribution is -2.30. The van der Waals surface area contributed by atoms with Crippen molar-refractivity contribution in [1.82, 2.24) is 9.88 Å². The number of carboxylic acids is 1. The zero-order chi connectivity index (χ0) is 16.4. The number of aromatic nitrogens is 1. The lowest BCUT2D eigenvalue weighted by atomic mass is 10.1. The van der Waals surface area contributed by atoms with Gasteiger partial charge in [-0.05, 0) is 32.0 Å². The molecule has 0 radical (unpaired) electrons. The molecule has 7 heteroatoms. The van der Waals surface area contributed by atoms with Gasteiger partial charge in [-0.2, -0.15) is 0 Å².